The summed E-state index contributed by atoms with van der Waals surface area (Å²) >= 11 is 0. The van der Waals surface area contributed by atoms with E-state index in [1.165, 1.54) is 13.8 Å². The van der Waals surface area contributed by atoms with Crippen LogP contribution < -0.4 is 0 Å². The highest BCUT2D eigenvalue weighted by molar-refractivity contribution is 5.70. The molecule has 0 spiro atoms. The highest BCUT2D eigenvalue weighted by Crippen LogP contribution is 2.40. The molecule has 73 heavy (non-hydrogen) atoms. The fourth-order valence-corrected chi connectivity index (χ4v) is 8.70. The summed E-state index contributed by atoms with van der Waals surface area (Å²) in [5, 5.41) is 0. The second-order valence-electron chi connectivity index (χ2n) is 17.7. The lowest BCUT2D eigenvalue weighted by Crippen LogP contribution is -2.68. The Labute approximate surface area is 420 Å². The first-order valence-electron chi connectivity index (χ1n) is 23.3. The number of hydrogen-bond donors (Lipinski definition) is 0. The number of hydrogen-bond acceptors (Lipinski definition) is 27. The Morgan fingerprint density at radius 1 is 0.288 bits per heavy atom. The van der Waals surface area contributed by atoms with Crippen molar-refractivity contribution < 1.29 is 128 Å². The third-order valence-corrected chi connectivity index (χ3v) is 11.6. The van der Waals surface area contributed by atoms with E-state index in [1.807, 2.05) is 0 Å². The van der Waals surface area contributed by atoms with Crippen LogP contribution in [0.3, 0.4) is 0 Å². The predicted molar refractivity (Wildman–Crippen MR) is 233 cm³/mol. The van der Waals surface area contributed by atoms with Crippen LogP contribution in [0.1, 0.15) is 96.9 Å². The first-order chi connectivity index (χ1) is 34.1. The fourth-order valence-electron chi connectivity index (χ4n) is 8.70. The molecular formula is C46H66O27. The van der Waals surface area contributed by atoms with E-state index in [0.29, 0.717) is 0 Å². The van der Waals surface area contributed by atoms with Gasteiger partial charge in [0.1, 0.15) is 31.5 Å². The monoisotopic (exact) mass is 1050 g/mol. The van der Waals surface area contributed by atoms with Gasteiger partial charge in [-0.2, -0.15) is 0 Å². The minimum absolute atomic E-state index is 0.533. The van der Waals surface area contributed by atoms with Gasteiger partial charge in [0.25, 0.3) is 0 Å². The molecule has 0 saturated carbocycles. The summed E-state index contributed by atoms with van der Waals surface area (Å²) in [6.07, 6.45) is -29.0. The van der Waals surface area contributed by atoms with Crippen LogP contribution in [0.2, 0.25) is 0 Å². The van der Waals surface area contributed by atoms with Gasteiger partial charge in [0.05, 0.1) is 24.4 Å². The Morgan fingerprint density at radius 2 is 0.575 bits per heavy atom. The molecule has 4 saturated heterocycles. The maximum absolute atomic E-state index is 13.1. The van der Waals surface area contributed by atoms with Gasteiger partial charge in [0.15, 0.2) is 73.8 Å². The summed E-state index contributed by atoms with van der Waals surface area (Å²) in [7, 11) is 0. The van der Waals surface area contributed by atoms with E-state index < -0.39 is 195 Å². The summed E-state index contributed by atoms with van der Waals surface area (Å²) in [6, 6.07) is 0. The van der Waals surface area contributed by atoms with Gasteiger partial charge in [-0.1, -0.05) is 6.92 Å². The molecule has 0 aromatic carbocycles. The first-order valence-corrected chi connectivity index (χ1v) is 23.3. The summed E-state index contributed by atoms with van der Waals surface area (Å²) in [4.78, 5) is 126. The number of carbonyl (C=O) groups is 10. The molecule has 0 aromatic heterocycles. The van der Waals surface area contributed by atoms with Crippen LogP contribution in [-0.2, 0) is 128 Å². The molecule has 0 aromatic rings. The highest BCUT2D eigenvalue weighted by Gasteiger charge is 2.60. The Hall–Kier alpha value is -5.58. The lowest BCUT2D eigenvalue weighted by molar-refractivity contribution is -0.388. The van der Waals surface area contributed by atoms with Crippen LogP contribution in [0.4, 0.5) is 0 Å². The maximum Gasteiger partial charge on any atom is 0.303 e. The van der Waals surface area contributed by atoms with Crippen molar-refractivity contribution in [2.45, 2.75) is 213 Å². The number of carbonyl (C=O) groups excluding carboxylic acids is 10. The molecule has 4 aliphatic heterocycles. The minimum atomic E-state index is -1.95. The van der Waals surface area contributed by atoms with Gasteiger partial charge < -0.3 is 80.5 Å². The zero-order chi connectivity index (χ0) is 54.8. The van der Waals surface area contributed by atoms with E-state index in [2.05, 4.69) is 0 Å². The molecule has 0 aliphatic carbocycles. The standard InChI is InChI=1S/C46H66O27/c1-17-18(2)59-31(15-57-21(5)47)36(33(17)71-44-41(68-29(13)55)38(65-26(10)52)34(19(3)60-44)62-23(7)49)72-46-43(40(67-28(12)54)37(64-25(9)51)32(70-46)16-58-22(6)48)73-45-42(69-30(14)56)39(66-27(11)53)35(20(4)61-45)63-24(8)50/h17-20,31-46H,15-16H2,1-14H3/t17?,18-,19?,20?,31?,32?,33+,34+,35+,36+,37-,38?,39?,40-,41-,42-,43?,44-,45?,46-/m0/s1. The normalized spacial score (nSPS) is 36.1. The van der Waals surface area contributed by atoms with Crippen molar-refractivity contribution in [2.75, 3.05) is 13.2 Å². The lowest BCUT2D eigenvalue weighted by Gasteiger charge is -2.51. The first kappa shape index (κ1) is 60.0. The fraction of sp³-hybridized carbons (Fsp3) is 0.783. The third-order valence-electron chi connectivity index (χ3n) is 11.6. The topological polar surface area (TPSA) is 328 Å². The van der Waals surface area contributed by atoms with Crippen molar-refractivity contribution in [1.82, 2.24) is 0 Å². The van der Waals surface area contributed by atoms with Gasteiger partial charge in [0, 0.05) is 75.2 Å². The molecule has 20 atom stereocenters. The molecule has 4 aliphatic rings. The van der Waals surface area contributed by atoms with E-state index >= 15 is 0 Å². The van der Waals surface area contributed by atoms with Crippen molar-refractivity contribution in [1.29, 1.82) is 0 Å². The van der Waals surface area contributed by atoms with Crippen molar-refractivity contribution >= 4 is 59.7 Å². The largest absolute Gasteiger partial charge is 0.463 e. The van der Waals surface area contributed by atoms with Crippen LogP contribution in [0.15, 0.2) is 0 Å². The Morgan fingerprint density at radius 3 is 0.945 bits per heavy atom. The molecule has 0 N–H and O–H groups in total. The second kappa shape index (κ2) is 26.6. The molecule has 27 heteroatoms. The summed E-state index contributed by atoms with van der Waals surface area (Å²) in [5.41, 5.74) is 0. The highest BCUT2D eigenvalue weighted by atomic mass is 16.8. The van der Waals surface area contributed by atoms with Gasteiger partial charge in [-0.25, -0.2) is 0 Å². The molecule has 27 nitrogen and oxygen atoms in total. The SMILES string of the molecule is CC(=O)OCC1O[C@@H](C)C(C)[C@@H](O[C@@H]2OC(C)[C@@H](OC(C)=O)C(OC(C)=O)[C@@H]2OC(C)=O)[C@@H]1O[C@@H]1OC(COC(C)=O)[C@H](OC(C)=O)[C@H](OC(C)=O)C1OC1OC(C)[C@@H](OC(C)=O)C(OC(C)=O)[C@@H]1OC(C)=O. The molecule has 4 heterocycles. The van der Waals surface area contributed by atoms with E-state index in [9.17, 15) is 47.9 Å². The van der Waals surface area contributed by atoms with E-state index in [0.717, 1.165) is 69.2 Å². The quantitative estimate of drug-likeness (QED) is 0.132. The summed E-state index contributed by atoms with van der Waals surface area (Å²) in [6.45, 7) is 15.6. The van der Waals surface area contributed by atoms with Crippen molar-refractivity contribution in [3.8, 4) is 0 Å². The minimum Gasteiger partial charge on any atom is -0.463 e. The zero-order valence-electron chi connectivity index (χ0n) is 43.0. The molecule has 4 rings (SSSR count). The number of esters is 10. The van der Waals surface area contributed by atoms with Crippen LogP contribution in [0, 0.1) is 5.92 Å². The molecule has 9 unspecified atom stereocenters. The average molecular weight is 1050 g/mol. The average Bonchev–Trinajstić information content (AvgIpc) is 3.25. The zero-order valence-corrected chi connectivity index (χ0v) is 43.0. The van der Waals surface area contributed by atoms with Gasteiger partial charge in [-0.15, -0.1) is 0 Å². The van der Waals surface area contributed by atoms with Crippen LogP contribution in [0.5, 0.6) is 0 Å². The Bertz CT molecular complexity index is 2010. The van der Waals surface area contributed by atoms with Gasteiger partial charge >= 0.3 is 59.7 Å². The van der Waals surface area contributed by atoms with Crippen molar-refractivity contribution in [3.63, 3.8) is 0 Å². The summed E-state index contributed by atoms with van der Waals surface area (Å²) < 4.78 is 101. The van der Waals surface area contributed by atoms with Crippen LogP contribution >= 0.6 is 0 Å². The van der Waals surface area contributed by atoms with Crippen molar-refractivity contribution in [2.24, 2.45) is 5.92 Å². The van der Waals surface area contributed by atoms with E-state index in [4.69, 9.17) is 80.5 Å². The molecular weight excluding hydrogens is 984 g/mol. The van der Waals surface area contributed by atoms with Gasteiger partial charge in [-0.3, -0.25) is 47.9 Å². The number of rotatable bonds is 18. The van der Waals surface area contributed by atoms with Crippen molar-refractivity contribution in [3.05, 3.63) is 0 Å². The second-order valence-corrected chi connectivity index (χ2v) is 17.7. The third kappa shape index (κ3) is 16.7. The molecule has 0 amide bonds. The maximum atomic E-state index is 13.1. The van der Waals surface area contributed by atoms with Gasteiger partial charge in [0.2, 0.25) is 0 Å². The van der Waals surface area contributed by atoms with Gasteiger partial charge in [-0.05, 0) is 20.8 Å². The number of ether oxygens (including phenoxy) is 17. The molecule has 0 bridgehead atoms. The summed E-state index contributed by atoms with van der Waals surface area (Å²) in [5.74, 6) is -9.51. The van der Waals surface area contributed by atoms with Crippen LogP contribution in [-0.4, -0.2) is 189 Å². The van der Waals surface area contributed by atoms with E-state index in [-0.39, 0.29) is 0 Å². The predicted octanol–water partition coefficient (Wildman–Crippen LogP) is 0.360. The molecule has 4 fully saturated rings. The molecule has 0 radical (unpaired) electrons. The Balaban J connectivity index is 1.97. The lowest BCUT2D eigenvalue weighted by atomic mass is 9.88. The Kier molecular flexibility index (Phi) is 21.8. The van der Waals surface area contributed by atoms with Crippen LogP contribution in [0.25, 0.3) is 0 Å². The smallest absolute Gasteiger partial charge is 0.303 e. The molecule has 412 valence electrons. The van der Waals surface area contributed by atoms with E-state index in [1.54, 1.807) is 13.8 Å².